The maximum Gasteiger partial charge on any atom is 1.00 e. The van der Waals surface area contributed by atoms with E-state index < -0.39 is 54.8 Å². The molecule has 1 aliphatic carbocycles. The van der Waals surface area contributed by atoms with Gasteiger partial charge >= 0.3 is 59.1 Å². The molecule has 0 bridgehead atoms. The number of rotatable bonds is 7. The quantitative estimate of drug-likeness (QED) is 0.0957. The number of hydrogen-bond acceptors (Lipinski definition) is 11. The summed E-state index contributed by atoms with van der Waals surface area (Å²) in [6, 6.07) is 13.1. The molecule has 0 spiro atoms. The zero-order valence-electron chi connectivity index (χ0n) is 19.7. The molecule has 0 fully saturated rings. The predicted octanol–water partition coefficient (Wildman–Crippen LogP) is -4.28. The number of fused-ring (bicyclic) bond motifs is 2. The molecule has 3 aromatic carbocycles. The molecule has 0 saturated carbocycles. The molecule has 0 unspecified atom stereocenters. The summed E-state index contributed by atoms with van der Waals surface area (Å²) in [5.74, 6) is -1.30. The number of anilines is 3. The first-order valence-electron chi connectivity index (χ1n) is 9.94. The van der Waals surface area contributed by atoms with E-state index in [-0.39, 0.29) is 87.9 Å². The molecule has 37 heavy (non-hydrogen) atoms. The van der Waals surface area contributed by atoms with Crippen LogP contribution in [0.5, 0.6) is 0 Å². The number of hydrogen-bond donors (Lipinski definition) is 2. The fraction of sp³-hybridized carbons (Fsp3) is 0.0909. The molecule has 182 valence electrons. The Hall–Kier alpha value is -1.62. The van der Waals surface area contributed by atoms with Crippen LogP contribution >= 0.6 is 0 Å². The largest absolute Gasteiger partial charge is 1.00 e. The van der Waals surface area contributed by atoms with Crippen LogP contribution in [0.15, 0.2) is 59.5 Å². The van der Waals surface area contributed by atoms with Crippen LogP contribution in [0.1, 0.15) is 37.4 Å². The Morgan fingerprint density at radius 3 is 2.00 bits per heavy atom. The van der Waals surface area contributed by atoms with Crippen LogP contribution in [-0.2, 0) is 31.1 Å². The Morgan fingerprint density at radius 2 is 1.43 bits per heavy atom. The van der Waals surface area contributed by atoms with E-state index in [1.807, 2.05) is 0 Å². The van der Waals surface area contributed by atoms with Crippen LogP contribution in [0.25, 0.3) is 0 Å². The monoisotopic (exact) mass is 562 g/mol. The number of carbonyl (C=O) groups is 2. The van der Waals surface area contributed by atoms with Crippen molar-refractivity contribution in [2.45, 2.75) is 11.3 Å². The van der Waals surface area contributed by atoms with Gasteiger partial charge in [-0.3, -0.25) is 13.8 Å². The van der Waals surface area contributed by atoms with Gasteiger partial charge in [0.2, 0.25) is 10.4 Å². The average molecular weight is 562 g/mol. The van der Waals surface area contributed by atoms with Crippen LogP contribution in [0.4, 0.5) is 17.1 Å². The summed E-state index contributed by atoms with van der Waals surface area (Å²) >= 11 is 0. The van der Waals surface area contributed by atoms with Crippen molar-refractivity contribution < 1.29 is 98.8 Å². The second-order valence-electron chi connectivity index (χ2n) is 7.55. The predicted molar refractivity (Wildman–Crippen MR) is 121 cm³/mol. The number of ketones is 2. The fourth-order valence-electron chi connectivity index (χ4n) is 3.82. The van der Waals surface area contributed by atoms with Gasteiger partial charge in [-0.2, -0.15) is 0 Å². The van der Waals surface area contributed by atoms with Crippen molar-refractivity contribution in [2.75, 3.05) is 17.7 Å². The van der Waals surface area contributed by atoms with Gasteiger partial charge in [0.25, 0.3) is 0 Å². The third kappa shape index (κ3) is 6.88. The number of carbonyl (C=O) groups excluding carboxylic acids is 2. The van der Waals surface area contributed by atoms with E-state index >= 15 is 0 Å². The molecule has 3 aromatic rings. The third-order valence-electron chi connectivity index (χ3n) is 5.29. The van der Waals surface area contributed by atoms with Gasteiger partial charge in [0.1, 0.15) is 10.1 Å². The second kappa shape index (κ2) is 12.1. The minimum absolute atomic E-state index is 0. The molecule has 1 aliphatic rings. The van der Waals surface area contributed by atoms with Crippen molar-refractivity contribution in [3.8, 4) is 0 Å². The Bertz CT molecular complexity index is 1610. The summed E-state index contributed by atoms with van der Waals surface area (Å²) in [7, 11) is -9.97. The van der Waals surface area contributed by atoms with E-state index in [4.69, 9.17) is 5.73 Å². The van der Waals surface area contributed by atoms with Gasteiger partial charge in [-0.1, -0.05) is 36.4 Å². The summed E-state index contributed by atoms with van der Waals surface area (Å²) in [4.78, 5) is 25.6. The van der Waals surface area contributed by atoms with Crippen molar-refractivity contribution in [1.29, 1.82) is 0 Å². The van der Waals surface area contributed by atoms with Crippen molar-refractivity contribution in [3.63, 3.8) is 0 Å². The van der Waals surface area contributed by atoms with Gasteiger partial charge < -0.3 is 20.2 Å². The molecule has 0 atom stereocenters. The van der Waals surface area contributed by atoms with E-state index in [1.54, 1.807) is 24.3 Å². The molecule has 11 nitrogen and oxygen atoms in total. The molecule has 0 aliphatic heterocycles. The fourth-order valence-corrected chi connectivity index (χ4v) is 4.74. The Kier molecular flexibility index (Phi) is 10.3. The van der Waals surface area contributed by atoms with Crippen molar-refractivity contribution in [1.82, 2.24) is 0 Å². The van der Waals surface area contributed by atoms with Crippen LogP contribution < -0.4 is 70.2 Å². The zero-order valence-corrected chi connectivity index (χ0v) is 25.3. The second-order valence-corrected chi connectivity index (χ2v) is 9.95. The molecule has 0 amide bonds. The van der Waals surface area contributed by atoms with Crippen molar-refractivity contribution >= 4 is 49.1 Å². The molecule has 0 heterocycles. The first-order chi connectivity index (χ1) is 16.4. The molecule has 4 rings (SSSR count). The smallest absolute Gasteiger partial charge is 0.744 e. The van der Waals surface area contributed by atoms with Gasteiger partial charge in [0.05, 0.1) is 34.0 Å². The zero-order chi connectivity index (χ0) is 25.5. The first-order valence-corrected chi connectivity index (χ1v) is 12.7. The van der Waals surface area contributed by atoms with Crippen LogP contribution in [0.2, 0.25) is 0 Å². The van der Waals surface area contributed by atoms with Gasteiger partial charge in [0, 0.05) is 16.8 Å². The molecule has 3 N–H and O–H groups in total. The summed E-state index contributed by atoms with van der Waals surface area (Å²) < 4.78 is 71.7. The molecule has 0 radical (unpaired) electrons. The summed E-state index contributed by atoms with van der Waals surface area (Å²) in [6.45, 7) is -0.408. The third-order valence-corrected chi connectivity index (χ3v) is 6.63. The molecule has 15 heteroatoms. The van der Waals surface area contributed by atoms with E-state index in [0.29, 0.717) is 11.3 Å². The Labute approximate surface area is 257 Å². The minimum atomic E-state index is -5.12. The average Bonchev–Trinajstić information content (AvgIpc) is 2.77. The van der Waals surface area contributed by atoms with Crippen molar-refractivity contribution in [3.05, 3.63) is 82.4 Å². The van der Waals surface area contributed by atoms with Gasteiger partial charge in [-0.05, 0) is 30.2 Å². The summed E-state index contributed by atoms with van der Waals surface area (Å²) in [5, 5.41) is 2.85. The van der Waals surface area contributed by atoms with Crippen LogP contribution in [0, 0.1) is 0 Å². The number of nitrogens with one attached hydrogen (secondary N) is 1. The normalized spacial score (nSPS) is 12.6. The molecular formula is C22H16N2Na2O9S2. The summed E-state index contributed by atoms with van der Waals surface area (Å²) in [6.07, 6.45) is 0.0435. The van der Waals surface area contributed by atoms with Crippen LogP contribution in [-0.4, -0.2) is 44.1 Å². The Balaban J connectivity index is 0.00000241. The van der Waals surface area contributed by atoms with Crippen LogP contribution in [0.3, 0.4) is 0 Å². The van der Waals surface area contributed by atoms with Gasteiger partial charge in [-0.25, -0.2) is 16.8 Å². The number of nitrogen functional groups attached to an aromatic ring is 1. The number of nitrogens with two attached hydrogens (primary N) is 1. The molecule has 0 saturated heterocycles. The van der Waals surface area contributed by atoms with E-state index in [1.165, 1.54) is 24.3 Å². The SMILES string of the molecule is Nc1c(S(=O)(=O)[O-])cc(Nc2cccc(CCOS(=O)(=O)[O-])c2)c2c1C(=O)c1ccccc1C2=O.[Na+].[Na+]. The van der Waals surface area contributed by atoms with E-state index in [9.17, 15) is 35.5 Å². The minimum Gasteiger partial charge on any atom is -0.744 e. The van der Waals surface area contributed by atoms with Gasteiger partial charge in [0.15, 0.2) is 11.6 Å². The maximum atomic E-state index is 13.3. The number of benzene rings is 3. The topological polar surface area (TPSA) is 196 Å². The summed E-state index contributed by atoms with van der Waals surface area (Å²) in [5.41, 5.74) is 5.55. The first kappa shape index (κ1) is 31.6. The van der Waals surface area contributed by atoms with E-state index in [0.717, 1.165) is 6.07 Å². The van der Waals surface area contributed by atoms with Crippen molar-refractivity contribution in [2.24, 2.45) is 0 Å². The standard InChI is InChI=1S/C22H18N2O9S2.2Na/c23-20-17(34(27,28)29)11-16(18-19(20)22(26)15-7-2-1-6-14(15)21(18)25)24-13-5-3-4-12(10-13)8-9-33-35(30,31)32;;/h1-7,10-11,24H,8-9,23H2,(H,27,28,29)(H,30,31,32);;/q;2*+1/p-2. The molecule has 0 aromatic heterocycles. The maximum absolute atomic E-state index is 13.3. The van der Waals surface area contributed by atoms with Gasteiger partial charge in [-0.15, -0.1) is 0 Å². The van der Waals surface area contributed by atoms with E-state index in [2.05, 4.69) is 9.50 Å². The molecular weight excluding hydrogens is 546 g/mol. The Morgan fingerprint density at radius 1 is 0.838 bits per heavy atom.